The summed E-state index contributed by atoms with van der Waals surface area (Å²) in [5.41, 5.74) is -0.509. The molecule has 1 heterocycles. The number of alkyl carbamates (subject to hydrolysis) is 1. The van der Waals surface area contributed by atoms with Gasteiger partial charge in [0.25, 0.3) is 0 Å². The van der Waals surface area contributed by atoms with Crippen molar-refractivity contribution in [1.82, 2.24) is 15.3 Å². The van der Waals surface area contributed by atoms with Gasteiger partial charge in [0.1, 0.15) is 11.4 Å². The molecule has 16 heavy (non-hydrogen) atoms. The highest BCUT2D eigenvalue weighted by Crippen LogP contribution is 2.07. The van der Waals surface area contributed by atoms with E-state index >= 15 is 0 Å². The summed E-state index contributed by atoms with van der Waals surface area (Å²) in [6.07, 6.45) is 2.45. The van der Waals surface area contributed by atoms with Gasteiger partial charge in [-0.1, -0.05) is 11.6 Å². The van der Waals surface area contributed by atoms with E-state index in [4.69, 9.17) is 16.3 Å². The molecule has 0 aliphatic carbocycles. The van der Waals surface area contributed by atoms with Gasteiger partial charge in [-0.05, 0) is 20.8 Å². The predicted octanol–water partition coefficient (Wildman–Crippen LogP) is 2.15. The first-order valence-corrected chi connectivity index (χ1v) is 5.18. The van der Waals surface area contributed by atoms with Gasteiger partial charge in [-0.2, -0.15) is 0 Å². The van der Waals surface area contributed by atoms with Crippen LogP contribution in [0.3, 0.4) is 0 Å². The zero-order valence-corrected chi connectivity index (χ0v) is 10.2. The van der Waals surface area contributed by atoms with E-state index in [2.05, 4.69) is 15.3 Å². The van der Waals surface area contributed by atoms with Crippen LogP contribution in [0.2, 0.25) is 5.02 Å². The number of hydrogen-bond acceptors (Lipinski definition) is 4. The largest absolute Gasteiger partial charge is 0.444 e. The van der Waals surface area contributed by atoms with Crippen LogP contribution in [0.1, 0.15) is 26.6 Å². The van der Waals surface area contributed by atoms with Crippen LogP contribution < -0.4 is 5.32 Å². The number of aromatic nitrogens is 2. The van der Waals surface area contributed by atoms with E-state index in [0.717, 1.165) is 0 Å². The van der Waals surface area contributed by atoms with Crippen molar-refractivity contribution in [1.29, 1.82) is 0 Å². The number of ether oxygens (including phenoxy) is 1. The molecule has 0 aliphatic rings. The Morgan fingerprint density at radius 1 is 1.44 bits per heavy atom. The number of carbonyl (C=O) groups is 1. The van der Waals surface area contributed by atoms with Crippen molar-refractivity contribution in [2.45, 2.75) is 32.9 Å². The monoisotopic (exact) mass is 243 g/mol. The molecule has 0 atom stereocenters. The van der Waals surface area contributed by atoms with Crippen LogP contribution in [0.15, 0.2) is 12.4 Å². The highest BCUT2D eigenvalue weighted by atomic mass is 35.5. The third-order valence-electron chi connectivity index (χ3n) is 1.46. The highest BCUT2D eigenvalue weighted by molar-refractivity contribution is 6.30. The summed E-state index contributed by atoms with van der Waals surface area (Å²) >= 11 is 5.62. The van der Waals surface area contributed by atoms with Gasteiger partial charge in [-0.3, -0.25) is 0 Å². The third kappa shape index (κ3) is 4.93. The van der Waals surface area contributed by atoms with Gasteiger partial charge >= 0.3 is 6.09 Å². The minimum atomic E-state index is -0.509. The minimum absolute atomic E-state index is 0.214. The Morgan fingerprint density at radius 2 is 2.00 bits per heavy atom. The zero-order valence-electron chi connectivity index (χ0n) is 9.45. The third-order valence-corrected chi connectivity index (χ3v) is 1.66. The van der Waals surface area contributed by atoms with E-state index in [1.807, 2.05) is 0 Å². The molecule has 88 valence electrons. The molecule has 0 aliphatic heterocycles. The molecule has 1 N–H and O–H groups in total. The van der Waals surface area contributed by atoms with Crippen LogP contribution in [0, 0.1) is 0 Å². The molecule has 5 nitrogen and oxygen atoms in total. The van der Waals surface area contributed by atoms with Crippen LogP contribution in [0.5, 0.6) is 0 Å². The molecule has 6 heteroatoms. The first-order chi connectivity index (χ1) is 7.37. The van der Waals surface area contributed by atoms with E-state index < -0.39 is 11.7 Å². The summed E-state index contributed by atoms with van der Waals surface area (Å²) in [5, 5.41) is 3.00. The molecular weight excluding hydrogens is 230 g/mol. The maximum absolute atomic E-state index is 11.3. The van der Waals surface area contributed by atoms with Crippen molar-refractivity contribution in [3.05, 3.63) is 23.2 Å². The number of halogens is 1. The Balaban J connectivity index is 2.40. The fourth-order valence-corrected chi connectivity index (χ4v) is 0.993. The van der Waals surface area contributed by atoms with Gasteiger partial charge in [0.15, 0.2) is 0 Å². The van der Waals surface area contributed by atoms with Crippen molar-refractivity contribution < 1.29 is 9.53 Å². The Kier molecular flexibility index (Phi) is 4.06. The first-order valence-electron chi connectivity index (χ1n) is 4.80. The Bertz CT molecular complexity index is 359. The lowest BCUT2D eigenvalue weighted by molar-refractivity contribution is 0.0522. The standard InChI is InChI=1S/C10H14ClN3O2/c1-10(2,3)16-9(15)14-6-8-12-4-7(11)5-13-8/h4-5H,6H2,1-3H3,(H,14,15). The second-order valence-corrected chi connectivity index (χ2v) is 4.61. The second kappa shape index (κ2) is 5.12. The normalized spacial score (nSPS) is 11.0. The van der Waals surface area contributed by atoms with E-state index in [1.165, 1.54) is 12.4 Å². The van der Waals surface area contributed by atoms with Gasteiger partial charge in [0, 0.05) is 12.4 Å². The van der Waals surface area contributed by atoms with E-state index in [9.17, 15) is 4.79 Å². The topological polar surface area (TPSA) is 64.1 Å². The number of amides is 1. The molecule has 0 saturated carbocycles. The van der Waals surface area contributed by atoms with Crippen molar-refractivity contribution in [2.24, 2.45) is 0 Å². The van der Waals surface area contributed by atoms with E-state index in [-0.39, 0.29) is 6.54 Å². The molecule has 1 aromatic heterocycles. The lowest BCUT2D eigenvalue weighted by Crippen LogP contribution is -2.32. The minimum Gasteiger partial charge on any atom is -0.444 e. The summed E-state index contributed by atoms with van der Waals surface area (Å²) in [7, 11) is 0. The summed E-state index contributed by atoms with van der Waals surface area (Å²) in [4.78, 5) is 19.2. The Labute approximate surface area is 99.2 Å². The fraction of sp³-hybridized carbons (Fsp3) is 0.500. The number of rotatable bonds is 2. The maximum Gasteiger partial charge on any atom is 0.408 e. The first kappa shape index (κ1) is 12.7. The van der Waals surface area contributed by atoms with E-state index in [1.54, 1.807) is 20.8 Å². The fourth-order valence-electron chi connectivity index (χ4n) is 0.896. The molecule has 0 fully saturated rings. The lowest BCUT2D eigenvalue weighted by Gasteiger charge is -2.19. The molecule has 0 unspecified atom stereocenters. The highest BCUT2D eigenvalue weighted by Gasteiger charge is 2.15. The van der Waals surface area contributed by atoms with Crippen LogP contribution in [0.4, 0.5) is 4.79 Å². The van der Waals surface area contributed by atoms with Crippen LogP contribution in [-0.2, 0) is 11.3 Å². The number of hydrogen-bond donors (Lipinski definition) is 1. The quantitative estimate of drug-likeness (QED) is 0.865. The van der Waals surface area contributed by atoms with Crippen molar-refractivity contribution in [3.63, 3.8) is 0 Å². The number of nitrogens with zero attached hydrogens (tertiary/aromatic N) is 2. The SMILES string of the molecule is CC(C)(C)OC(=O)NCc1ncc(Cl)cn1. The average Bonchev–Trinajstić information content (AvgIpc) is 2.14. The Morgan fingerprint density at radius 3 is 2.50 bits per heavy atom. The van der Waals surface area contributed by atoms with E-state index in [0.29, 0.717) is 10.8 Å². The van der Waals surface area contributed by atoms with Gasteiger partial charge in [-0.15, -0.1) is 0 Å². The van der Waals surface area contributed by atoms with Gasteiger partial charge in [-0.25, -0.2) is 14.8 Å². The van der Waals surface area contributed by atoms with Gasteiger partial charge in [0.2, 0.25) is 0 Å². The number of carbonyl (C=O) groups excluding carboxylic acids is 1. The molecule has 0 spiro atoms. The average molecular weight is 244 g/mol. The molecule has 0 aromatic carbocycles. The molecule has 1 amide bonds. The van der Waals surface area contributed by atoms with Crippen molar-refractivity contribution in [3.8, 4) is 0 Å². The molecule has 0 radical (unpaired) electrons. The number of nitrogens with one attached hydrogen (secondary N) is 1. The molecule has 0 saturated heterocycles. The predicted molar refractivity (Wildman–Crippen MR) is 60.1 cm³/mol. The van der Waals surface area contributed by atoms with Crippen molar-refractivity contribution >= 4 is 17.7 Å². The van der Waals surface area contributed by atoms with Crippen molar-refractivity contribution in [2.75, 3.05) is 0 Å². The molecule has 1 rings (SSSR count). The van der Waals surface area contributed by atoms with Gasteiger partial charge in [0.05, 0.1) is 11.6 Å². The summed E-state index contributed by atoms with van der Waals surface area (Å²) < 4.78 is 5.05. The zero-order chi connectivity index (χ0) is 12.2. The van der Waals surface area contributed by atoms with Crippen LogP contribution >= 0.6 is 11.6 Å². The summed E-state index contributed by atoms with van der Waals surface area (Å²) in [5.74, 6) is 0.482. The summed E-state index contributed by atoms with van der Waals surface area (Å²) in [6.45, 7) is 5.61. The molecule has 0 bridgehead atoms. The summed E-state index contributed by atoms with van der Waals surface area (Å²) in [6, 6.07) is 0. The van der Waals surface area contributed by atoms with Crippen LogP contribution in [0.25, 0.3) is 0 Å². The second-order valence-electron chi connectivity index (χ2n) is 4.17. The Hall–Kier alpha value is -1.36. The smallest absolute Gasteiger partial charge is 0.408 e. The lowest BCUT2D eigenvalue weighted by atomic mass is 10.2. The maximum atomic E-state index is 11.3. The van der Waals surface area contributed by atoms with Gasteiger partial charge < -0.3 is 10.1 Å². The molecular formula is C10H14ClN3O2. The van der Waals surface area contributed by atoms with Crippen LogP contribution in [-0.4, -0.2) is 21.7 Å². The molecule has 1 aromatic rings.